The lowest BCUT2D eigenvalue weighted by atomic mass is 9.94. The molecule has 2 amide bonds. The first-order valence-corrected chi connectivity index (χ1v) is 19.2. The number of aryl methyl sites for hydroxylation is 1. The van der Waals surface area contributed by atoms with Gasteiger partial charge in [-0.15, -0.1) is 0 Å². The predicted molar refractivity (Wildman–Crippen MR) is 202 cm³/mol. The number of urea groups is 1. The lowest BCUT2D eigenvalue weighted by Gasteiger charge is -2.28. The number of rotatable bonds is 25. The van der Waals surface area contributed by atoms with E-state index in [1.807, 2.05) is 37.3 Å². The number of esters is 2. The van der Waals surface area contributed by atoms with Crippen molar-refractivity contribution < 1.29 is 33.8 Å². The van der Waals surface area contributed by atoms with Crippen LogP contribution >= 0.6 is 34.8 Å². The van der Waals surface area contributed by atoms with Gasteiger partial charge in [0.15, 0.2) is 3.79 Å². The summed E-state index contributed by atoms with van der Waals surface area (Å²) in [6.45, 7) is 4.17. The second-order valence-electron chi connectivity index (χ2n) is 13.0. The van der Waals surface area contributed by atoms with Gasteiger partial charge in [-0.05, 0) is 49.8 Å². The van der Waals surface area contributed by atoms with E-state index in [1.165, 1.54) is 38.5 Å². The van der Waals surface area contributed by atoms with Crippen molar-refractivity contribution in [2.24, 2.45) is 5.92 Å². The number of nitrogens with zero attached hydrogens (tertiary/aromatic N) is 1. The van der Waals surface area contributed by atoms with Gasteiger partial charge in [-0.25, -0.2) is 14.6 Å². The minimum Gasteiger partial charge on any atom is -0.481 e. The fraction of sp³-hybridized carbons (Fsp3) is 0.605. The lowest BCUT2D eigenvalue weighted by Crippen LogP contribution is -2.46. The lowest BCUT2D eigenvalue weighted by molar-refractivity contribution is -0.161. The molecule has 0 aliphatic rings. The summed E-state index contributed by atoms with van der Waals surface area (Å²) in [6, 6.07) is 10.7. The number of benzene rings is 1. The fourth-order valence-electron chi connectivity index (χ4n) is 5.57. The Bertz CT molecular complexity index is 1310. The number of anilines is 1. The summed E-state index contributed by atoms with van der Waals surface area (Å²) in [4.78, 5) is 55.6. The summed E-state index contributed by atoms with van der Waals surface area (Å²) in [6.07, 6.45) is 12.6. The Morgan fingerprint density at radius 2 is 1.47 bits per heavy atom. The molecule has 0 fully saturated rings. The Morgan fingerprint density at radius 1 is 0.843 bits per heavy atom. The van der Waals surface area contributed by atoms with Crippen LogP contribution in [0.2, 0.25) is 0 Å². The molecule has 0 saturated carbocycles. The Hall–Kier alpha value is -3.08. The first-order chi connectivity index (χ1) is 24.4. The van der Waals surface area contributed by atoms with Gasteiger partial charge in [-0.2, -0.15) is 0 Å². The molecule has 2 rings (SSSR count). The van der Waals surface area contributed by atoms with Gasteiger partial charge in [0.1, 0.15) is 24.6 Å². The number of carbonyl (C=O) groups is 4. The standard InChI is InChI=1S/C38H54Cl3N3O7/c1-3-4-5-6-7-8-9-10-11-12-16-21-32(30(35(46)47)25-38(39,40)41)51-36(48)31(43-37(49)44-33-24-23-28(2)26-42-33)20-17-22-34(45)50-27-29-18-14-13-15-19-29/h13-15,18-19,23-24,26,30-32H,3-12,16-17,20-22,25,27H2,1-2H3,(H,46,47)(H2,42,43,44,49)/t30?,31-,32-/m0/s1. The van der Waals surface area contributed by atoms with E-state index in [0.717, 1.165) is 36.8 Å². The molecule has 1 aromatic heterocycles. The molecular weight excluding hydrogens is 717 g/mol. The summed E-state index contributed by atoms with van der Waals surface area (Å²) in [5.41, 5.74) is 1.73. The topological polar surface area (TPSA) is 144 Å². The number of pyridine rings is 1. The van der Waals surface area contributed by atoms with Gasteiger partial charge in [0, 0.05) is 19.0 Å². The molecule has 10 nitrogen and oxygen atoms in total. The van der Waals surface area contributed by atoms with E-state index < -0.39 is 45.8 Å². The van der Waals surface area contributed by atoms with Crippen molar-refractivity contribution in [3.63, 3.8) is 0 Å². The van der Waals surface area contributed by atoms with Crippen molar-refractivity contribution in [3.8, 4) is 0 Å². The predicted octanol–water partition coefficient (Wildman–Crippen LogP) is 9.87. The number of alkyl halides is 3. The molecule has 1 heterocycles. The minimum atomic E-state index is -1.90. The van der Waals surface area contributed by atoms with Gasteiger partial charge in [0.25, 0.3) is 0 Å². The third-order valence-corrected chi connectivity index (χ3v) is 8.90. The molecule has 51 heavy (non-hydrogen) atoms. The van der Waals surface area contributed by atoms with Crippen molar-refractivity contribution in [3.05, 3.63) is 59.8 Å². The smallest absolute Gasteiger partial charge is 0.328 e. The van der Waals surface area contributed by atoms with Crippen LogP contribution in [-0.4, -0.2) is 50.0 Å². The summed E-state index contributed by atoms with van der Waals surface area (Å²) >= 11 is 18.1. The number of aromatic nitrogens is 1. The second kappa shape index (κ2) is 25.0. The first-order valence-electron chi connectivity index (χ1n) is 18.1. The van der Waals surface area contributed by atoms with Crippen molar-refractivity contribution in [1.29, 1.82) is 0 Å². The van der Waals surface area contributed by atoms with Gasteiger partial charge in [0.2, 0.25) is 0 Å². The molecule has 3 N–H and O–H groups in total. The van der Waals surface area contributed by atoms with Gasteiger partial charge >= 0.3 is 23.9 Å². The number of hydrogen-bond acceptors (Lipinski definition) is 7. The number of carboxylic acid groups (broad SMARTS) is 1. The van der Waals surface area contributed by atoms with E-state index in [4.69, 9.17) is 44.3 Å². The molecule has 2 aromatic rings. The maximum absolute atomic E-state index is 13.7. The highest BCUT2D eigenvalue weighted by Gasteiger charge is 2.38. The zero-order valence-corrected chi connectivity index (χ0v) is 32.1. The van der Waals surface area contributed by atoms with Crippen LogP contribution in [0.5, 0.6) is 0 Å². The third kappa shape index (κ3) is 20.5. The molecule has 0 bridgehead atoms. The molecule has 0 radical (unpaired) electrons. The summed E-state index contributed by atoms with van der Waals surface area (Å²) < 4.78 is 9.28. The van der Waals surface area contributed by atoms with E-state index in [-0.39, 0.29) is 44.5 Å². The average molecular weight is 771 g/mol. The normalized spacial score (nSPS) is 13.1. The number of carbonyl (C=O) groups excluding carboxylic acids is 3. The molecular formula is C38H54Cl3N3O7. The SMILES string of the molecule is CCCCCCCCCCCCC[C@H](OC(=O)[C@H](CCCC(=O)OCc1ccccc1)NC(=O)Nc1ccc(C)cn1)C(CC(Cl)(Cl)Cl)C(=O)O. The largest absolute Gasteiger partial charge is 0.481 e. The van der Waals surface area contributed by atoms with Crippen LogP contribution in [0.1, 0.15) is 121 Å². The summed E-state index contributed by atoms with van der Waals surface area (Å²) in [5, 5.41) is 15.3. The van der Waals surface area contributed by atoms with E-state index in [1.54, 1.807) is 18.3 Å². The molecule has 0 aliphatic carbocycles. The molecule has 0 saturated heterocycles. The zero-order valence-electron chi connectivity index (χ0n) is 29.8. The molecule has 3 atom stereocenters. The number of aliphatic carboxylic acids is 1. The van der Waals surface area contributed by atoms with Gasteiger partial charge in [0.05, 0.1) is 5.92 Å². The highest BCUT2D eigenvalue weighted by molar-refractivity contribution is 6.67. The molecule has 0 spiro atoms. The zero-order chi connectivity index (χ0) is 37.5. The van der Waals surface area contributed by atoms with Gasteiger partial charge < -0.3 is 19.9 Å². The Morgan fingerprint density at radius 3 is 2.04 bits per heavy atom. The van der Waals surface area contributed by atoms with Crippen molar-refractivity contribution in [2.45, 2.75) is 139 Å². The summed E-state index contributed by atoms with van der Waals surface area (Å²) in [7, 11) is 0. The van der Waals surface area contributed by atoms with Gasteiger partial charge in [-0.3, -0.25) is 14.9 Å². The highest BCUT2D eigenvalue weighted by Crippen LogP contribution is 2.36. The quantitative estimate of drug-likeness (QED) is 0.0514. The maximum atomic E-state index is 13.7. The molecule has 13 heteroatoms. The summed E-state index contributed by atoms with van der Waals surface area (Å²) in [5.74, 6) is -3.64. The van der Waals surface area contributed by atoms with Crippen LogP contribution in [0.25, 0.3) is 0 Å². The number of hydrogen-bond donors (Lipinski definition) is 3. The number of nitrogens with one attached hydrogen (secondary N) is 2. The van der Waals surface area contributed by atoms with Crippen LogP contribution in [-0.2, 0) is 30.5 Å². The van der Waals surface area contributed by atoms with Gasteiger partial charge in [-0.1, -0.05) is 142 Å². The number of ether oxygens (including phenoxy) is 2. The Kier molecular flexibility index (Phi) is 21.6. The van der Waals surface area contributed by atoms with Crippen molar-refractivity contribution in [1.82, 2.24) is 10.3 Å². The monoisotopic (exact) mass is 769 g/mol. The second-order valence-corrected chi connectivity index (χ2v) is 15.5. The van der Waals surface area contributed by atoms with E-state index in [0.29, 0.717) is 6.42 Å². The Labute approximate surface area is 317 Å². The average Bonchev–Trinajstić information content (AvgIpc) is 3.08. The van der Waals surface area contributed by atoms with Crippen molar-refractivity contribution >= 4 is 64.6 Å². The number of carboxylic acids is 1. The van der Waals surface area contributed by atoms with E-state index >= 15 is 0 Å². The minimum absolute atomic E-state index is 0.0153. The van der Waals surface area contributed by atoms with Crippen LogP contribution in [0, 0.1) is 12.8 Å². The Balaban J connectivity index is 2.07. The van der Waals surface area contributed by atoms with Crippen molar-refractivity contribution in [2.75, 3.05) is 5.32 Å². The van der Waals surface area contributed by atoms with Crippen LogP contribution in [0.15, 0.2) is 48.7 Å². The number of unbranched alkanes of at least 4 members (excludes halogenated alkanes) is 10. The van der Waals surface area contributed by atoms with Crippen LogP contribution in [0.3, 0.4) is 0 Å². The number of amides is 2. The highest BCUT2D eigenvalue weighted by atomic mass is 35.6. The molecule has 284 valence electrons. The van der Waals surface area contributed by atoms with E-state index in [2.05, 4.69) is 22.5 Å². The maximum Gasteiger partial charge on any atom is 0.328 e. The molecule has 1 aromatic carbocycles. The first kappa shape index (κ1) is 44.1. The fourth-order valence-corrected chi connectivity index (χ4v) is 6.07. The third-order valence-electron chi connectivity index (χ3n) is 8.44. The van der Waals surface area contributed by atoms with Crippen LogP contribution < -0.4 is 10.6 Å². The number of halogens is 3. The molecule has 1 unspecified atom stereocenters. The van der Waals surface area contributed by atoms with E-state index in [9.17, 15) is 24.3 Å². The van der Waals surface area contributed by atoms with Crippen LogP contribution in [0.4, 0.5) is 10.6 Å². The molecule has 0 aliphatic heterocycles.